The van der Waals surface area contributed by atoms with E-state index in [1.54, 1.807) is 12.1 Å². The molecule has 4 unspecified atom stereocenters. The van der Waals surface area contributed by atoms with Crippen molar-refractivity contribution in [3.8, 4) is 0 Å². The highest BCUT2D eigenvalue weighted by Gasteiger charge is 2.51. The molecule has 2 saturated heterocycles. The molecule has 4 rings (SSSR count). The molecular formula is C26H34FN3O4. The highest BCUT2D eigenvalue weighted by atomic mass is 19.1. The average molecular weight is 472 g/mol. The van der Waals surface area contributed by atoms with Gasteiger partial charge in [0.05, 0.1) is 31.1 Å². The fourth-order valence-electron chi connectivity index (χ4n) is 5.26. The normalized spacial score (nSPS) is 24.9. The van der Waals surface area contributed by atoms with E-state index >= 15 is 0 Å². The summed E-state index contributed by atoms with van der Waals surface area (Å²) in [6.07, 6.45) is 5.40. The van der Waals surface area contributed by atoms with Crippen molar-refractivity contribution < 1.29 is 23.5 Å². The zero-order valence-corrected chi connectivity index (χ0v) is 19.9. The number of imide groups is 1. The predicted molar refractivity (Wildman–Crippen MR) is 125 cm³/mol. The fraction of sp³-hybridized carbons (Fsp3) is 0.577. The molecule has 8 heteroatoms. The number of fused-ring (bicyclic) bond motifs is 1. The summed E-state index contributed by atoms with van der Waals surface area (Å²) in [5, 5.41) is 3.02. The number of amides is 3. The third kappa shape index (κ3) is 5.23. The highest BCUT2D eigenvalue weighted by molar-refractivity contribution is 6.08. The Labute approximate surface area is 200 Å². The number of ether oxygens (including phenoxy) is 1. The van der Waals surface area contributed by atoms with Crippen LogP contribution in [0.25, 0.3) is 0 Å². The Balaban J connectivity index is 1.51. The number of hydrogen-bond acceptors (Lipinski definition) is 5. The van der Waals surface area contributed by atoms with Gasteiger partial charge in [0.25, 0.3) is 0 Å². The topological polar surface area (TPSA) is 79.0 Å². The molecule has 2 fully saturated rings. The standard InChI is InChI=1S/C26H34FN3O4/c1-17(2)15-22(30-25(32)20-5-3-4-6-21(20)26(30)33)24(31)28-16-23(29-11-13-34-14-12-29)18-7-9-19(27)10-8-18/h3-4,7-10,17,20-23H,5-6,11-16H2,1-2H3,(H,28,31). The lowest BCUT2D eigenvalue weighted by molar-refractivity contribution is -0.148. The quantitative estimate of drug-likeness (QED) is 0.466. The summed E-state index contributed by atoms with van der Waals surface area (Å²) in [5.41, 5.74) is 0.898. The Kier molecular flexibility index (Phi) is 7.78. The van der Waals surface area contributed by atoms with E-state index in [0.29, 0.717) is 52.1 Å². The van der Waals surface area contributed by atoms with E-state index in [1.165, 1.54) is 17.0 Å². The van der Waals surface area contributed by atoms with Crippen LogP contribution in [0.4, 0.5) is 4.39 Å². The summed E-state index contributed by atoms with van der Waals surface area (Å²) in [7, 11) is 0. The number of allylic oxidation sites excluding steroid dienone is 2. The maximum absolute atomic E-state index is 13.5. The summed E-state index contributed by atoms with van der Waals surface area (Å²) in [6, 6.07) is 5.32. The van der Waals surface area contributed by atoms with Crippen LogP contribution in [0, 0.1) is 23.6 Å². The maximum Gasteiger partial charge on any atom is 0.243 e. The molecule has 1 N–H and O–H groups in total. The van der Waals surface area contributed by atoms with Gasteiger partial charge < -0.3 is 10.1 Å². The van der Waals surface area contributed by atoms with Crippen LogP contribution in [0.3, 0.4) is 0 Å². The summed E-state index contributed by atoms with van der Waals surface area (Å²) < 4.78 is 19.0. The van der Waals surface area contributed by atoms with Gasteiger partial charge in [-0.2, -0.15) is 0 Å². The molecule has 1 aliphatic carbocycles. The summed E-state index contributed by atoms with van der Waals surface area (Å²) in [5.74, 6) is -1.69. The average Bonchev–Trinajstić information content (AvgIpc) is 3.09. The zero-order chi connectivity index (χ0) is 24.2. The van der Waals surface area contributed by atoms with Crippen molar-refractivity contribution in [1.82, 2.24) is 15.1 Å². The van der Waals surface area contributed by atoms with Crippen LogP contribution >= 0.6 is 0 Å². The van der Waals surface area contributed by atoms with E-state index in [0.717, 1.165) is 5.56 Å². The minimum absolute atomic E-state index is 0.129. The van der Waals surface area contributed by atoms with E-state index in [1.807, 2.05) is 26.0 Å². The van der Waals surface area contributed by atoms with Gasteiger partial charge in [0.1, 0.15) is 11.9 Å². The van der Waals surface area contributed by atoms with Crippen molar-refractivity contribution in [3.05, 3.63) is 47.8 Å². The largest absolute Gasteiger partial charge is 0.379 e. The number of halogens is 1. The molecule has 3 aliphatic rings. The first-order valence-electron chi connectivity index (χ1n) is 12.2. The van der Waals surface area contributed by atoms with Gasteiger partial charge in [-0.05, 0) is 42.9 Å². The molecule has 184 valence electrons. The van der Waals surface area contributed by atoms with Crippen molar-refractivity contribution in [1.29, 1.82) is 0 Å². The Morgan fingerprint density at radius 1 is 1.06 bits per heavy atom. The van der Waals surface area contributed by atoms with Gasteiger partial charge in [-0.15, -0.1) is 0 Å². The van der Waals surface area contributed by atoms with Gasteiger partial charge in [0.15, 0.2) is 0 Å². The van der Waals surface area contributed by atoms with E-state index in [2.05, 4.69) is 10.2 Å². The first-order valence-corrected chi connectivity index (χ1v) is 12.2. The van der Waals surface area contributed by atoms with Crippen LogP contribution in [0.2, 0.25) is 0 Å². The number of carbonyl (C=O) groups is 3. The molecule has 0 radical (unpaired) electrons. The van der Waals surface area contributed by atoms with Gasteiger partial charge in [-0.25, -0.2) is 4.39 Å². The first kappa shape index (κ1) is 24.5. The smallest absolute Gasteiger partial charge is 0.243 e. The van der Waals surface area contributed by atoms with Gasteiger partial charge in [0.2, 0.25) is 17.7 Å². The maximum atomic E-state index is 13.5. The predicted octanol–water partition coefficient (Wildman–Crippen LogP) is 2.68. The Bertz CT molecular complexity index is 900. The Hall–Kier alpha value is -2.58. The van der Waals surface area contributed by atoms with Crippen molar-refractivity contribution in [3.63, 3.8) is 0 Å². The molecule has 3 amide bonds. The van der Waals surface area contributed by atoms with E-state index in [-0.39, 0.29) is 47.3 Å². The van der Waals surface area contributed by atoms with Crippen LogP contribution in [0.15, 0.2) is 36.4 Å². The number of nitrogens with one attached hydrogen (secondary N) is 1. The van der Waals surface area contributed by atoms with Crippen LogP contribution < -0.4 is 5.32 Å². The second-order valence-electron chi connectivity index (χ2n) is 9.81. The molecular weight excluding hydrogens is 437 g/mol. The van der Waals surface area contributed by atoms with Crippen LogP contribution in [0.5, 0.6) is 0 Å². The molecule has 7 nitrogen and oxygen atoms in total. The molecule has 2 aliphatic heterocycles. The number of rotatable bonds is 8. The third-order valence-electron chi connectivity index (χ3n) is 7.06. The number of carbonyl (C=O) groups excluding carboxylic acids is 3. The SMILES string of the molecule is CC(C)CC(C(=O)NCC(c1ccc(F)cc1)N1CCOCC1)N1C(=O)C2CC=CCC2C1=O. The minimum atomic E-state index is -0.829. The van der Waals surface area contributed by atoms with Gasteiger partial charge in [-0.1, -0.05) is 38.1 Å². The number of nitrogens with zero attached hydrogens (tertiary/aromatic N) is 2. The number of hydrogen-bond donors (Lipinski definition) is 1. The van der Waals surface area contributed by atoms with Gasteiger partial charge in [-0.3, -0.25) is 24.2 Å². The van der Waals surface area contributed by atoms with Gasteiger partial charge >= 0.3 is 0 Å². The van der Waals surface area contributed by atoms with Crippen LogP contribution in [-0.2, 0) is 19.1 Å². The number of benzene rings is 1. The Morgan fingerprint density at radius 3 is 2.21 bits per heavy atom. The summed E-state index contributed by atoms with van der Waals surface area (Å²) in [4.78, 5) is 43.2. The second-order valence-corrected chi connectivity index (χ2v) is 9.81. The van der Waals surface area contributed by atoms with E-state index in [9.17, 15) is 18.8 Å². The number of likely N-dealkylation sites (tertiary alicyclic amines) is 1. The molecule has 34 heavy (non-hydrogen) atoms. The van der Waals surface area contributed by atoms with Crippen LogP contribution in [0.1, 0.15) is 44.7 Å². The molecule has 0 aromatic heterocycles. The second kappa shape index (κ2) is 10.8. The van der Waals surface area contributed by atoms with E-state index < -0.39 is 6.04 Å². The molecule has 0 spiro atoms. The molecule has 1 aromatic carbocycles. The molecule has 1 aromatic rings. The van der Waals surface area contributed by atoms with Crippen molar-refractivity contribution in [2.45, 2.75) is 45.2 Å². The molecule has 0 bridgehead atoms. The van der Waals surface area contributed by atoms with Crippen molar-refractivity contribution in [2.24, 2.45) is 17.8 Å². The fourth-order valence-corrected chi connectivity index (χ4v) is 5.26. The molecule has 0 saturated carbocycles. The Morgan fingerprint density at radius 2 is 1.65 bits per heavy atom. The lowest BCUT2D eigenvalue weighted by atomic mass is 9.85. The van der Waals surface area contributed by atoms with Crippen molar-refractivity contribution >= 4 is 17.7 Å². The lowest BCUT2D eigenvalue weighted by Gasteiger charge is -2.35. The monoisotopic (exact) mass is 471 g/mol. The third-order valence-corrected chi connectivity index (χ3v) is 7.06. The molecule has 2 heterocycles. The minimum Gasteiger partial charge on any atom is -0.379 e. The molecule has 4 atom stereocenters. The first-order chi connectivity index (χ1) is 16.4. The van der Waals surface area contributed by atoms with E-state index in [4.69, 9.17) is 4.74 Å². The highest BCUT2D eigenvalue weighted by Crippen LogP contribution is 2.37. The number of morpholine rings is 1. The zero-order valence-electron chi connectivity index (χ0n) is 19.9. The van der Waals surface area contributed by atoms with Crippen molar-refractivity contribution in [2.75, 3.05) is 32.8 Å². The summed E-state index contributed by atoms with van der Waals surface area (Å²) in [6.45, 7) is 6.84. The van der Waals surface area contributed by atoms with Gasteiger partial charge in [0, 0.05) is 19.6 Å². The lowest BCUT2D eigenvalue weighted by Crippen LogP contribution is -2.52. The summed E-state index contributed by atoms with van der Waals surface area (Å²) >= 11 is 0. The van der Waals surface area contributed by atoms with Crippen LogP contribution in [-0.4, -0.2) is 66.4 Å².